The molecule has 4 aliphatic carbocycles. The highest BCUT2D eigenvalue weighted by Crippen LogP contribution is 2.36. The van der Waals surface area contributed by atoms with E-state index in [4.69, 9.17) is 20.9 Å². The molecule has 0 bridgehead atoms. The number of ether oxygens (including phenoxy) is 2. The predicted octanol–water partition coefficient (Wildman–Crippen LogP) is 9.50. The summed E-state index contributed by atoms with van der Waals surface area (Å²) >= 11 is 0. The van der Waals surface area contributed by atoms with Crippen molar-refractivity contribution in [3.63, 3.8) is 0 Å². The fraction of sp³-hybridized carbons (Fsp3) is 0.381. The molecule has 0 aromatic heterocycles. The van der Waals surface area contributed by atoms with E-state index in [1.165, 1.54) is 42.0 Å². The summed E-state index contributed by atoms with van der Waals surface area (Å²) in [5.74, 6) is -0.780. The Labute approximate surface area is 337 Å². The van der Waals surface area contributed by atoms with Crippen molar-refractivity contribution in [2.24, 2.45) is 11.5 Å². The third-order valence-electron chi connectivity index (χ3n) is 9.15. The lowest BCUT2D eigenvalue weighted by Gasteiger charge is -2.32. The summed E-state index contributed by atoms with van der Waals surface area (Å²) in [6.45, 7) is 10.8. The Balaban J connectivity index is 0.000000203. The van der Waals surface area contributed by atoms with Crippen molar-refractivity contribution in [3.8, 4) is 0 Å². The van der Waals surface area contributed by atoms with Gasteiger partial charge in [-0.15, -0.1) is 24.8 Å². The normalized spacial score (nSPS) is 18.6. The second kappa shape index (κ2) is 18.7. The molecule has 14 heteroatoms. The average Bonchev–Trinajstić information content (AvgIpc) is 3.04. The van der Waals surface area contributed by atoms with Crippen molar-refractivity contribution < 1.29 is 36.6 Å². The molecule has 4 unspecified atom stereocenters. The molecule has 4 aromatic carbocycles. The molecule has 0 spiro atoms. The molecule has 304 valence electrons. The number of rotatable bonds is 2. The van der Waals surface area contributed by atoms with Crippen molar-refractivity contribution in [1.82, 2.24) is 10.6 Å². The molecule has 8 rings (SSSR count). The maximum absolute atomic E-state index is 13.3. The van der Waals surface area contributed by atoms with Gasteiger partial charge in [0.15, 0.2) is 0 Å². The molecule has 56 heavy (non-hydrogen) atoms. The number of carbonyl (C=O) groups is 2. The number of halogens is 6. The van der Waals surface area contributed by atoms with Crippen LogP contribution in [-0.4, -0.2) is 23.4 Å². The second-order valence-corrected chi connectivity index (χ2v) is 15.7. The van der Waals surface area contributed by atoms with E-state index in [2.05, 4.69) is 10.6 Å². The summed E-state index contributed by atoms with van der Waals surface area (Å²) < 4.78 is 61.8. The zero-order valence-electron chi connectivity index (χ0n) is 32.2. The number of fused-ring (bicyclic) bond motifs is 4. The van der Waals surface area contributed by atoms with Crippen molar-refractivity contribution in [2.45, 2.75) is 103 Å². The van der Waals surface area contributed by atoms with Gasteiger partial charge < -0.3 is 31.6 Å². The Morgan fingerprint density at radius 1 is 0.571 bits per heavy atom. The Kier molecular flexibility index (Phi) is 15.4. The molecule has 4 atom stereocenters. The quantitative estimate of drug-likeness (QED) is 0.149. The maximum atomic E-state index is 13.3. The van der Waals surface area contributed by atoms with Gasteiger partial charge in [-0.2, -0.15) is 0 Å². The van der Waals surface area contributed by atoms with Gasteiger partial charge in [-0.25, -0.2) is 27.2 Å². The lowest BCUT2D eigenvalue weighted by atomic mass is 9.83. The number of carbonyl (C=O) groups excluding carboxylic acids is 2. The van der Waals surface area contributed by atoms with Gasteiger partial charge in [0, 0.05) is 18.5 Å². The van der Waals surface area contributed by atoms with Crippen LogP contribution in [0.1, 0.15) is 110 Å². The highest BCUT2D eigenvalue weighted by molar-refractivity contribution is 5.85. The Bertz CT molecular complexity index is 1990. The van der Waals surface area contributed by atoms with Crippen molar-refractivity contribution in [3.05, 3.63) is 141 Å². The monoisotopic (exact) mass is 820 g/mol. The topological polar surface area (TPSA) is 129 Å². The Hall–Kier alpha value is -4.36. The number of hydrogen-bond donors (Lipinski definition) is 4. The molecule has 0 saturated heterocycles. The first-order valence-corrected chi connectivity index (χ1v) is 17.9. The maximum Gasteiger partial charge on any atom is 0.408 e. The predicted molar refractivity (Wildman–Crippen MR) is 213 cm³/mol. The van der Waals surface area contributed by atoms with Crippen LogP contribution in [0.15, 0.2) is 72.8 Å². The summed E-state index contributed by atoms with van der Waals surface area (Å²) in [4.78, 5) is 23.1. The minimum atomic E-state index is -0.515. The van der Waals surface area contributed by atoms with Crippen LogP contribution >= 0.6 is 24.8 Å². The summed E-state index contributed by atoms with van der Waals surface area (Å²) in [7, 11) is 0. The van der Waals surface area contributed by atoms with E-state index < -0.39 is 23.4 Å². The number of hydrogen-bond acceptors (Lipinski definition) is 6. The lowest BCUT2D eigenvalue weighted by Crippen LogP contribution is -2.39. The molecule has 0 saturated carbocycles. The first-order chi connectivity index (χ1) is 25.3. The smallest absolute Gasteiger partial charge is 0.408 e. The third-order valence-corrected chi connectivity index (χ3v) is 9.15. The highest BCUT2D eigenvalue weighted by Gasteiger charge is 2.32. The summed E-state index contributed by atoms with van der Waals surface area (Å²) in [5, 5.41) is 5.46. The van der Waals surface area contributed by atoms with Gasteiger partial charge >= 0.3 is 12.2 Å². The van der Waals surface area contributed by atoms with E-state index in [-0.39, 0.29) is 72.3 Å². The van der Waals surface area contributed by atoms with Crippen molar-refractivity contribution in [1.29, 1.82) is 0 Å². The van der Waals surface area contributed by atoms with E-state index >= 15 is 0 Å². The summed E-state index contributed by atoms with van der Waals surface area (Å²) in [6, 6.07) is 19.3. The zero-order chi connectivity index (χ0) is 39.5. The number of nitrogens with one attached hydrogen (secondary N) is 2. The van der Waals surface area contributed by atoms with Gasteiger partial charge in [-0.1, -0.05) is 36.4 Å². The van der Waals surface area contributed by atoms with Crippen LogP contribution in [0.4, 0.5) is 27.2 Å². The average molecular weight is 822 g/mol. The SMILES string of the molecule is CC(C)(C)OC(=O)NC1Cc2c(F)cccc21.CC(C)(C)OC(=O)NC1Cc2ccc(F)cc21.Cl.Cl.NC1Cc2c(F)cccc21.NC1Cc2ccc(F)cc21. The molecular weight excluding hydrogens is 771 g/mol. The lowest BCUT2D eigenvalue weighted by molar-refractivity contribution is 0.0485. The minimum Gasteiger partial charge on any atom is -0.444 e. The van der Waals surface area contributed by atoms with Crippen molar-refractivity contribution >= 4 is 37.0 Å². The molecule has 6 N–H and O–H groups in total. The molecule has 2 amide bonds. The summed E-state index contributed by atoms with van der Waals surface area (Å²) in [5.41, 5.74) is 17.5. The van der Waals surface area contributed by atoms with Gasteiger partial charge in [-0.05, 0) is 142 Å². The van der Waals surface area contributed by atoms with Gasteiger partial charge in [0.05, 0.1) is 12.1 Å². The Morgan fingerprint density at radius 2 is 1.00 bits per heavy atom. The van der Waals surface area contributed by atoms with Crippen LogP contribution in [0, 0.1) is 23.3 Å². The van der Waals surface area contributed by atoms with Gasteiger partial charge in [0.1, 0.15) is 34.5 Å². The van der Waals surface area contributed by atoms with Crippen LogP contribution in [0.25, 0.3) is 0 Å². The first-order valence-electron chi connectivity index (χ1n) is 17.9. The molecular formula is C42H50Cl2F4N4O4. The van der Waals surface area contributed by atoms with Crippen molar-refractivity contribution in [2.75, 3.05) is 0 Å². The fourth-order valence-corrected chi connectivity index (χ4v) is 6.38. The molecule has 8 nitrogen and oxygen atoms in total. The zero-order valence-corrected chi connectivity index (χ0v) is 33.8. The van der Waals surface area contributed by atoms with Crippen LogP contribution in [0.5, 0.6) is 0 Å². The number of nitrogens with two attached hydrogens (primary N) is 2. The highest BCUT2D eigenvalue weighted by atomic mass is 35.5. The summed E-state index contributed by atoms with van der Waals surface area (Å²) in [6.07, 6.45) is 1.93. The van der Waals surface area contributed by atoms with Gasteiger partial charge in [0.2, 0.25) is 0 Å². The molecule has 0 radical (unpaired) electrons. The largest absolute Gasteiger partial charge is 0.444 e. The van der Waals surface area contributed by atoms with Crippen LogP contribution in [0.3, 0.4) is 0 Å². The Morgan fingerprint density at radius 3 is 1.45 bits per heavy atom. The number of alkyl carbamates (subject to hydrolysis) is 2. The van der Waals surface area contributed by atoms with E-state index in [0.717, 1.165) is 46.2 Å². The number of benzene rings is 4. The molecule has 4 aromatic rings. The molecule has 4 aliphatic rings. The van der Waals surface area contributed by atoms with Gasteiger partial charge in [0.25, 0.3) is 0 Å². The molecule has 0 fully saturated rings. The minimum absolute atomic E-state index is 0. The standard InChI is InChI=1S/2C13H16FNO2.2C8H8FN.2ClH/c1-13(2,3)17-12(16)15-11-6-8-4-5-9(14)7-10(8)11;1-13(2,3)17-12(16)15-11-7-9-8(11)5-4-6-10(9)14;9-6-2-1-5-3-8(10)7(5)4-6;9-7-3-1-2-5-6(7)4-8(5)10;;/h4-5,7,11H,6H2,1-3H3,(H,15,16);4-6,11H,7H2,1-3H3,(H,15,16);1-2,4,8H,3,10H2;1-3,8H,4,10H2;2*1H. The third kappa shape index (κ3) is 11.8. The molecule has 0 heterocycles. The molecule has 0 aliphatic heterocycles. The first kappa shape index (κ1) is 46.0. The van der Waals surface area contributed by atoms with E-state index in [0.29, 0.717) is 18.4 Å². The fourth-order valence-electron chi connectivity index (χ4n) is 6.38. The second-order valence-electron chi connectivity index (χ2n) is 15.7. The van der Waals surface area contributed by atoms with Gasteiger partial charge in [-0.3, -0.25) is 0 Å². The van der Waals surface area contributed by atoms with E-state index in [1.807, 2.05) is 12.1 Å². The number of amides is 2. The van der Waals surface area contributed by atoms with Crippen LogP contribution in [0.2, 0.25) is 0 Å². The van der Waals surface area contributed by atoms with E-state index in [1.54, 1.807) is 65.8 Å². The van der Waals surface area contributed by atoms with Crippen LogP contribution in [-0.2, 0) is 35.2 Å². The van der Waals surface area contributed by atoms with Crippen LogP contribution < -0.4 is 22.1 Å². The van der Waals surface area contributed by atoms with E-state index in [9.17, 15) is 27.2 Å².